The third-order valence-electron chi connectivity index (χ3n) is 2.23. The van der Waals surface area contributed by atoms with E-state index in [9.17, 15) is 4.79 Å². The summed E-state index contributed by atoms with van der Waals surface area (Å²) in [5, 5.41) is 0. The van der Waals surface area contributed by atoms with Gasteiger partial charge in [0.1, 0.15) is 0 Å². The second-order valence-electron chi connectivity index (χ2n) is 4.64. The van der Waals surface area contributed by atoms with Gasteiger partial charge >= 0.3 is 13.8 Å². The lowest BCUT2D eigenvalue weighted by atomic mass is 10.0. The van der Waals surface area contributed by atoms with Gasteiger partial charge in [-0.05, 0) is 39.0 Å². The molecule has 0 aliphatic rings. The molecule has 0 aromatic rings. The fourth-order valence-corrected chi connectivity index (χ4v) is 1.22. The van der Waals surface area contributed by atoms with Gasteiger partial charge in [-0.3, -0.25) is 0 Å². The molecule has 3 N–H and O–H groups in total. The normalized spacial score (nSPS) is 11.7. The Labute approximate surface area is 120 Å². The summed E-state index contributed by atoms with van der Waals surface area (Å²) in [6.45, 7) is 10.2. The highest BCUT2D eigenvalue weighted by Crippen LogP contribution is 2.25. The number of allylic oxidation sites excluding steroid dienone is 2. The van der Waals surface area contributed by atoms with Crippen LogP contribution in [0.2, 0.25) is 0 Å². The molecule has 0 amide bonds. The minimum Gasteiger partial charge on any atom is -0.463 e. The summed E-state index contributed by atoms with van der Waals surface area (Å²) in [7, 11) is -4.64. The van der Waals surface area contributed by atoms with Crippen molar-refractivity contribution in [2.75, 3.05) is 6.61 Å². The average Bonchev–Trinajstić information content (AvgIpc) is 2.26. The van der Waals surface area contributed by atoms with E-state index in [0.29, 0.717) is 12.5 Å². The van der Waals surface area contributed by atoms with E-state index in [4.69, 9.17) is 24.0 Å². The molecule has 0 spiro atoms. The Bertz CT molecular complexity index is 346. The van der Waals surface area contributed by atoms with Gasteiger partial charge in [-0.1, -0.05) is 25.2 Å². The molecular weight excluding hydrogens is 283 g/mol. The lowest BCUT2D eigenvalue weighted by Crippen LogP contribution is -2.06. The quantitative estimate of drug-likeness (QED) is 0.289. The average molecular weight is 308 g/mol. The van der Waals surface area contributed by atoms with Crippen LogP contribution in [-0.2, 0) is 14.1 Å². The van der Waals surface area contributed by atoms with E-state index in [-0.39, 0.29) is 5.97 Å². The van der Waals surface area contributed by atoms with Crippen molar-refractivity contribution in [3.63, 3.8) is 0 Å². The maximum atomic E-state index is 10.7. The van der Waals surface area contributed by atoms with E-state index in [0.717, 1.165) is 19.3 Å². The summed E-state index contributed by atoms with van der Waals surface area (Å²) < 4.78 is 13.8. The summed E-state index contributed by atoms with van der Waals surface area (Å²) >= 11 is 0. The predicted molar refractivity (Wildman–Crippen MR) is 77.9 cm³/mol. The van der Waals surface area contributed by atoms with E-state index >= 15 is 0 Å². The van der Waals surface area contributed by atoms with E-state index in [1.54, 1.807) is 0 Å². The molecule has 20 heavy (non-hydrogen) atoms. The first-order valence-electron chi connectivity index (χ1n) is 6.27. The fraction of sp³-hybridized carbons (Fsp3) is 0.615. The number of phosphoric acid groups is 1. The molecule has 6 nitrogen and oxygen atoms in total. The minimum atomic E-state index is -4.64. The molecule has 0 aliphatic carbocycles. The molecule has 0 saturated heterocycles. The Balaban J connectivity index is 0. The first kappa shape index (κ1) is 21.4. The predicted octanol–water partition coefficient (Wildman–Crippen LogP) is 2.56. The number of carbonyl (C=O) groups is 1. The van der Waals surface area contributed by atoms with E-state index < -0.39 is 7.82 Å². The molecule has 1 atom stereocenters. The zero-order valence-electron chi connectivity index (χ0n) is 12.3. The van der Waals surface area contributed by atoms with Crippen molar-refractivity contribution in [2.24, 2.45) is 5.92 Å². The molecular formula is C13H25O6P. The van der Waals surface area contributed by atoms with Gasteiger partial charge in [0.25, 0.3) is 0 Å². The second-order valence-corrected chi connectivity index (χ2v) is 5.66. The monoisotopic (exact) mass is 308 g/mol. The van der Waals surface area contributed by atoms with Crippen LogP contribution in [-0.4, -0.2) is 27.3 Å². The number of hydrogen-bond acceptors (Lipinski definition) is 3. The zero-order chi connectivity index (χ0) is 16.2. The van der Waals surface area contributed by atoms with Crippen LogP contribution in [0.15, 0.2) is 24.3 Å². The van der Waals surface area contributed by atoms with Crippen molar-refractivity contribution in [1.29, 1.82) is 0 Å². The van der Waals surface area contributed by atoms with Crippen molar-refractivity contribution in [3.05, 3.63) is 24.3 Å². The smallest absolute Gasteiger partial charge is 0.463 e. The van der Waals surface area contributed by atoms with Crippen LogP contribution >= 0.6 is 7.82 Å². The molecule has 118 valence electrons. The van der Waals surface area contributed by atoms with Crippen molar-refractivity contribution in [2.45, 2.75) is 40.0 Å². The second kappa shape index (κ2) is 11.9. The molecule has 0 radical (unpaired) electrons. The molecule has 1 unspecified atom stereocenters. The molecule has 0 bridgehead atoms. The number of ether oxygens (including phenoxy) is 1. The summed E-state index contributed by atoms with van der Waals surface area (Å²) in [5.74, 6) is 0.268. The maximum Gasteiger partial charge on any atom is 0.466 e. The van der Waals surface area contributed by atoms with Crippen LogP contribution in [0.4, 0.5) is 0 Å². The minimum absolute atomic E-state index is 0.327. The SMILES string of the molecule is C=CC(=O)OCCC(C)CCC=C(C)C.O=P(O)(O)O. The molecule has 7 heteroatoms. The van der Waals surface area contributed by atoms with E-state index in [1.165, 1.54) is 11.6 Å². The summed E-state index contributed by atoms with van der Waals surface area (Å²) in [6.07, 6.45) is 6.63. The molecule has 0 heterocycles. The Morgan fingerprint density at radius 2 is 1.80 bits per heavy atom. The molecule has 0 rings (SSSR count). The van der Waals surface area contributed by atoms with Crippen LogP contribution in [0.25, 0.3) is 0 Å². The Morgan fingerprint density at radius 1 is 1.30 bits per heavy atom. The first-order chi connectivity index (χ1) is 9.06. The number of esters is 1. The van der Waals surface area contributed by atoms with Crippen molar-refractivity contribution in [3.8, 4) is 0 Å². The van der Waals surface area contributed by atoms with Gasteiger partial charge in [-0.25, -0.2) is 9.36 Å². The highest BCUT2D eigenvalue weighted by atomic mass is 31.2. The van der Waals surface area contributed by atoms with Gasteiger partial charge < -0.3 is 19.4 Å². The van der Waals surface area contributed by atoms with Gasteiger partial charge in [-0.2, -0.15) is 0 Å². The Hall–Kier alpha value is -0.940. The van der Waals surface area contributed by atoms with Crippen molar-refractivity contribution >= 4 is 13.8 Å². The largest absolute Gasteiger partial charge is 0.466 e. The van der Waals surface area contributed by atoms with Crippen LogP contribution < -0.4 is 0 Å². The number of hydrogen-bond donors (Lipinski definition) is 3. The van der Waals surface area contributed by atoms with Crippen LogP contribution in [0.1, 0.15) is 40.0 Å². The van der Waals surface area contributed by atoms with Gasteiger partial charge in [0.05, 0.1) is 6.61 Å². The lowest BCUT2D eigenvalue weighted by molar-refractivity contribution is -0.138. The third-order valence-corrected chi connectivity index (χ3v) is 2.23. The van der Waals surface area contributed by atoms with Gasteiger partial charge in [-0.15, -0.1) is 0 Å². The topological polar surface area (TPSA) is 104 Å². The van der Waals surface area contributed by atoms with Crippen molar-refractivity contribution in [1.82, 2.24) is 0 Å². The summed E-state index contributed by atoms with van der Waals surface area (Å²) in [6, 6.07) is 0. The standard InChI is InChI=1S/C13H22O2.H3O4P/c1-5-13(14)15-10-9-12(4)8-6-7-11(2)3;1-5(2,3)4/h5,7,12H,1,6,8-10H2,2-4H3;(H3,1,2,3,4). The molecule has 0 saturated carbocycles. The maximum absolute atomic E-state index is 10.7. The number of rotatable bonds is 7. The number of carbonyl (C=O) groups excluding carboxylic acids is 1. The summed E-state index contributed by atoms with van der Waals surface area (Å²) in [5.41, 5.74) is 1.36. The van der Waals surface area contributed by atoms with E-state index in [2.05, 4.69) is 33.4 Å². The highest BCUT2D eigenvalue weighted by Gasteiger charge is 2.02. The van der Waals surface area contributed by atoms with Crippen LogP contribution in [0, 0.1) is 5.92 Å². The molecule has 0 aromatic carbocycles. The zero-order valence-corrected chi connectivity index (χ0v) is 13.2. The summed E-state index contributed by atoms with van der Waals surface area (Å²) in [4.78, 5) is 32.3. The molecule has 0 aliphatic heterocycles. The van der Waals surface area contributed by atoms with Crippen LogP contribution in [0.5, 0.6) is 0 Å². The van der Waals surface area contributed by atoms with E-state index in [1.807, 2.05) is 0 Å². The van der Waals surface area contributed by atoms with Gasteiger partial charge in [0.15, 0.2) is 0 Å². The fourth-order valence-electron chi connectivity index (χ4n) is 1.22. The van der Waals surface area contributed by atoms with Crippen molar-refractivity contribution < 1.29 is 28.8 Å². The Morgan fingerprint density at radius 3 is 2.20 bits per heavy atom. The lowest BCUT2D eigenvalue weighted by Gasteiger charge is -2.09. The van der Waals surface area contributed by atoms with Crippen LogP contribution in [0.3, 0.4) is 0 Å². The van der Waals surface area contributed by atoms with Gasteiger partial charge in [0, 0.05) is 6.08 Å². The third kappa shape index (κ3) is 25.8. The first-order valence-corrected chi connectivity index (χ1v) is 7.83. The Kier molecular flexibility index (Phi) is 12.7. The van der Waals surface area contributed by atoms with Gasteiger partial charge in [0.2, 0.25) is 0 Å². The molecule has 0 aromatic heterocycles. The molecule has 0 fully saturated rings. The highest BCUT2D eigenvalue weighted by molar-refractivity contribution is 7.45.